The predicted molar refractivity (Wildman–Crippen MR) is 85.0 cm³/mol. The second kappa shape index (κ2) is 6.70. The Morgan fingerprint density at radius 1 is 0.958 bits per heavy atom. The van der Waals surface area contributed by atoms with Crippen molar-refractivity contribution in [2.24, 2.45) is 5.14 Å². The summed E-state index contributed by atoms with van der Waals surface area (Å²) in [6.07, 6.45) is 1.78. The first-order chi connectivity index (χ1) is 11.3. The molecule has 8 nitrogen and oxygen atoms in total. The largest absolute Gasteiger partial charge is 0.349 e. The van der Waals surface area contributed by atoms with Gasteiger partial charge in [0.15, 0.2) is 6.29 Å². The fourth-order valence-electron chi connectivity index (χ4n) is 3.04. The first kappa shape index (κ1) is 17.8. The molecule has 2 saturated heterocycles. The second-order valence-corrected chi connectivity index (χ2v) is 9.26. The molecule has 0 saturated carbocycles. The molecule has 2 fully saturated rings. The highest BCUT2D eigenvalue weighted by Crippen LogP contribution is 2.30. The molecule has 0 aliphatic carbocycles. The van der Waals surface area contributed by atoms with Crippen molar-refractivity contribution in [2.45, 2.75) is 41.4 Å². The van der Waals surface area contributed by atoms with Crippen LogP contribution in [-0.4, -0.2) is 53.2 Å². The Balaban J connectivity index is 1.90. The van der Waals surface area contributed by atoms with Crippen LogP contribution in [0.15, 0.2) is 34.1 Å². The zero-order chi connectivity index (χ0) is 17.4. The molecule has 0 spiro atoms. The van der Waals surface area contributed by atoms with Gasteiger partial charge >= 0.3 is 0 Å². The van der Waals surface area contributed by atoms with E-state index in [0.717, 1.165) is 12.8 Å². The van der Waals surface area contributed by atoms with Gasteiger partial charge in [-0.15, -0.1) is 0 Å². The van der Waals surface area contributed by atoms with Crippen LogP contribution in [0.3, 0.4) is 0 Å². The van der Waals surface area contributed by atoms with Crippen LogP contribution in [0.5, 0.6) is 0 Å². The van der Waals surface area contributed by atoms with Crippen molar-refractivity contribution < 1.29 is 26.3 Å². The maximum Gasteiger partial charge on any atom is 0.243 e. The molecule has 134 valence electrons. The topological polar surface area (TPSA) is 116 Å². The standard InChI is InChI=1S/C14H20N2O6S2/c15-23(17,18)11-4-6-12(7-5-11)24(19,20)16-8-2-1-3-13(16)14-21-9-10-22-14/h4-7,13-14H,1-3,8-10H2,(H2,15,17,18). The van der Waals surface area contributed by atoms with E-state index in [1.165, 1.54) is 28.6 Å². The molecule has 0 radical (unpaired) electrons. The Morgan fingerprint density at radius 3 is 2.12 bits per heavy atom. The smallest absolute Gasteiger partial charge is 0.243 e. The van der Waals surface area contributed by atoms with Gasteiger partial charge in [0.05, 0.1) is 29.0 Å². The van der Waals surface area contributed by atoms with Crippen molar-refractivity contribution in [3.05, 3.63) is 24.3 Å². The molecule has 3 rings (SSSR count). The number of sulfonamides is 2. The van der Waals surface area contributed by atoms with Gasteiger partial charge in [0.2, 0.25) is 20.0 Å². The third kappa shape index (κ3) is 3.48. The molecule has 24 heavy (non-hydrogen) atoms. The van der Waals surface area contributed by atoms with Gasteiger partial charge in [-0.3, -0.25) is 0 Å². The molecule has 1 atom stereocenters. The van der Waals surface area contributed by atoms with E-state index >= 15 is 0 Å². The molecular weight excluding hydrogens is 356 g/mol. The zero-order valence-corrected chi connectivity index (χ0v) is 14.6. The summed E-state index contributed by atoms with van der Waals surface area (Å²) in [6, 6.07) is 4.55. The minimum absolute atomic E-state index is 0.0276. The Kier molecular flexibility index (Phi) is 4.96. The highest BCUT2D eigenvalue weighted by molar-refractivity contribution is 7.89. The van der Waals surface area contributed by atoms with Crippen molar-refractivity contribution in [3.8, 4) is 0 Å². The van der Waals surface area contributed by atoms with E-state index < -0.39 is 26.3 Å². The second-order valence-electron chi connectivity index (χ2n) is 5.81. The van der Waals surface area contributed by atoms with Crippen LogP contribution in [0.25, 0.3) is 0 Å². The molecule has 1 unspecified atom stereocenters. The highest BCUT2D eigenvalue weighted by Gasteiger charge is 2.40. The number of rotatable bonds is 4. The predicted octanol–water partition coefficient (Wildman–Crippen LogP) is 0.250. The summed E-state index contributed by atoms with van der Waals surface area (Å²) in [4.78, 5) is -0.0982. The molecule has 1 aromatic carbocycles. The Morgan fingerprint density at radius 2 is 1.54 bits per heavy atom. The molecule has 2 N–H and O–H groups in total. The Labute approximate surface area is 141 Å². The van der Waals surface area contributed by atoms with Crippen LogP contribution in [0.1, 0.15) is 19.3 Å². The fraction of sp³-hybridized carbons (Fsp3) is 0.571. The summed E-state index contributed by atoms with van der Waals surface area (Å²) in [5.74, 6) is 0. The summed E-state index contributed by atoms with van der Waals surface area (Å²) < 4.78 is 60.9. The molecule has 1 aromatic rings. The minimum Gasteiger partial charge on any atom is -0.349 e. The monoisotopic (exact) mass is 376 g/mol. The first-order valence-electron chi connectivity index (χ1n) is 7.68. The van der Waals surface area contributed by atoms with Crippen molar-refractivity contribution in [1.29, 1.82) is 0 Å². The van der Waals surface area contributed by atoms with Gasteiger partial charge in [0, 0.05) is 6.54 Å². The SMILES string of the molecule is NS(=O)(=O)c1ccc(S(=O)(=O)N2CCCCC2C2OCCO2)cc1. The van der Waals surface area contributed by atoms with E-state index in [9.17, 15) is 16.8 Å². The Hall–Kier alpha value is -1.04. The summed E-state index contributed by atoms with van der Waals surface area (Å²) >= 11 is 0. The number of benzene rings is 1. The van der Waals surface area contributed by atoms with Crippen LogP contribution in [0, 0.1) is 0 Å². The first-order valence-corrected chi connectivity index (χ1v) is 10.7. The molecule has 0 aromatic heterocycles. The molecular formula is C14H20N2O6S2. The average molecular weight is 376 g/mol. The number of hydrogen-bond donors (Lipinski definition) is 1. The summed E-state index contributed by atoms with van der Waals surface area (Å²) in [6.45, 7) is 1.30. The van der Waals surface area contributed by atoms with E-state index in [2.05, 4.69) is 0 Å². The average Bonchev–Trinajstić information content (AvgIpc) is 3.08. The van der Waals surface area contributed by atoms with Crippen LogP contribution in [0.2, 0.25) is 0 Å². The Bertz CT molecular complexity index is 785. The quantitative estimate of drug-likeness (QED) is 0.805. The van der Waals surface area contributed by atoms with Gasteiger partial charge in [-0.05, 0) is 37.1 Å². The number of hydrogen-bond acceptors (Lipinski definition) is 6. The fourth-order valence-corrected chi connectivity index (χ4v) is 5.23. The minimum atomic E-state index is -3.86. The van der Waals surface area contributed by atoms with Crippen molar-refractivity contribution in [3.63, 3.8) is 0 Å². The van der Waals surface area contributed by atoms with Gasteiger partial charge in [0.1, 0.15) is 0 Å². The normalized spacial score (nSPS) is 24.3. The molecule has 2 heterocycles. The third-order valence-electron chi connectivity index (χ3n) is 4.22. The number of nitrogens with zero attached hydrogens (tertiary/aromatic N) is 1. The number of primary sulfonamides is 1. The summed E-state index contributed by atoms with van der Waals surface area (Å²) in [7, 11) is -7.64. The van der Waals surface area contributed by atoms with E-state index in [4.69, 9.17) is 14.6 Å². The van der Waals surface area contributed by atoms with Crippen molar-refractivity contribution in [2.75, 3.05) is 19.8 Å². The van der Waals surface area contributed by atoms with E-state index in [0.29, 0.717) is 26.2 Å². The van der Waals surface area contributed by atoms with Crippen LogP contribution < -0.4 is 5.14 Å². The number of piperidine rings is 1. The summed E-state index contributed by atoms with van der Waals surface area (Å²) in [5, 5.41) is 5.04. The molecule has 2 aliphatic heterocycles. The van der Waals surface area contributed by atoms with E-state index in [1.54, 1.807) is 0 Å². The number of ether oxygens (including phenoxy) is 2. The molecule has 2 aliphatic rings. The lowest BCUT2D eigenvalue weighted by atomic mass is 10.0. The van der Waals surface area contributed by atoms with Gasteiger partial charge in [-0.25, -0.2) is 22.0 Å². The van der Waals surface area contributed by atoms with Crippen molar-refractivity contribution >= 4 is 20.0 Å². The lowest BCUT2D eigenvalue weighted by Crippen LogP contribution is -2.50. The van der Waals surface area contributed by atoms with E-state index in [-0.39, 0.29) is 15.8 Å². The van der Waals surface area contributed by atoms with Crippen LogP contribution >= 0.6 is 0 Å². The van der Waals surface area contributed by atoms with Gasteiger partial charge in [-0.1, -0.05) is 6.42 Å². The summed E-state index contributed by atoms with van der Waals surface area (Å²) in [5.41, 5.74) is 0. The van der Waals surface area contributed by atoms with E-state index in [1.807, 2.05) is 0 Å². The lowest BCUT2D eigenvalue weighted by molar-refractivity contribution is -0.0913. The third-order valence-corrected chi connectivity index (χ3v) is 7.09. The molecule has 10 heteroatoms. The molecule has 0 amide bonds. The van der Waals surface area contributed by atoms with Gasteiger partial charge < -0.3 is 9.47 Å². The molecule has 0 bridgehead atoms. The highest BCUT2D eigenvalue weighted by atomic mass is 32.2. The van der Waals surface area contributed by atoms with Gasteiger partial charge in [0.25, 0.3) is 0 Å². The lowest BCUT2D eigenvalue weighted by Gasteiger charge is -2.36. The number of nitrogens with two attached hydrogens (primary N) is 1. The maximum absolute atomic E-state index is 12.9. The zero-order valence-electron chi connectivity index (χ0n) is 13.0. The van der Waals surface area contributed by atoms with Crippen LogP contribution in [-0.2, 0) is 29.5 Å². The van der Waals surface area contributed by atoms with Gasteiger partial charge in [-0.2, -0.15) is 4.31 Å². The van der Waals surface area contributed by atoms with Crippen LogP contribution in [0.4, 0.5) is 0 Å². The maximum atomic E-state index is 12.9. The van der Waals surface area contributed by atoms with Crippen molar-refractivity contribution in [1.82, 2.24) is 4.31 Å².